The van der Waals surface area contributed by atoms with Gasteiger partial charge in [0.25, 0.3) is 0 Å². The molecule has 18 heavy (non-hydrogen) atoms. The number of aromatic amines is 1. The number of rotatable bonds is 2. The summed E-state index contributed by atoms with van der Waals surface area (Å²) in [6.45, 7) is 1.92. The Morgan fingerprint density at radius 1 is 1.22 bits per heavy atom. The summed E-state index contributed by atoms with van der Waals surface area (Å²) >= 11 is 0. The molecule has 3 rings (SSSR count). The molecular formula is C12H12N6. The van der Waals surface area contributed by atoms with Gasteiger partial charge in [-0.25, -0.2) is 9.97 Å². The van der Waals surface area contributed by atoms with E-state index in [9.17, 15) is 0 Å². The van der Waals surface area contributed by atoms with Crippen LogP contribution in [0.4, 0.5) is 17.5 Å². The summed E-state index contributed by atoms with van der Waals surface area (Å²) < 4.78 is 0. The van der Waals surface area contributed by atoms with Gasteiger partial charge in [0.15, 0.2) is 0 Å². The minimum absolute atomic E-state index is 0.436. The molecule has 0 radical (unpaired) electrons. The molecule has 1 aromatic carbocycles. The van der Waals surface area contributed by atoms with Crippen LogP contribution in [0.15, 0.2) is 30.5 Å². The second-order valence-corrected chi connectivity index (χ2v) is 3.98. The van der Waals surface area contributed by atoms with Crippen molar-refractivity contribution in [3.05, 3.63) is 36.3 Å². The molecule has 0 bridgehead atoms. The van der Waals surface area contributed by atoms with Gasteiger partial charge in [-0.05, 0) is 31.2 Å². The van der Waals surface area contributed by atoms with Crippen LogP contribution >= 0.6 is 0 Å². The molecule has 2 heterocycles. The number of hydrogen-bond donors (Lipinski definition) is 3. The maximum absolute atomic E-state index is 5.60. The Labute approximate surface area is 103 Å². The zero-order valence-corrected chi connectivity index (χ0v) is 9.81. The number of aryl methyl sites for hydroxylation is 1. The van der Waals surface area contributed by atoms with Crippen molar-refractivity contribution in [3.63, 3.8) is 0 Å². The predicted molar refractivity (Wildman–Crippen MR) is 70.6 cm³/mol. The van der Waals surface area contributed by atoms with E-state index in [1.54, 1.807) is 12.3 Å². The Morgan fingerprint density at radius 3 is 2.94 bits per heavy atom. The van der Waals surface area contributed by atoms with Crippen LogP contribution in [0.25, 0.3) is 11.0 Å². The van der Waals surface area contributed by atoms with Crippen molar-refractivity contribution in [1.82, 2.24) is 19.9 Å². The Hall–Kier alpha value is -2.63. The number of fused-ring (bicyclic) bond motifs is 1. The molecule has 4 N–H and O–H groups in total. The molecule has 90 valence electrons. The monoisotopic (exact) mass is 240 g/mol. The summed E-state index contributed by atoms with van der Waals surface area (Å²) in [4.78, 5) is 15.7. The maximum atomic E-state index is 5.60. The van der Waals surface area contributed by atoms with E-state index in [1.165, 1.54) is 0 Å². The van der Waals surface area contributed by atoms with Crippen molar-refractivity contribution >= 4 is 28.5 Å². The molecule has 0 fully saturated rings. The second-order valence-electron chi connectivity index (χ2n) is 3.98. The Kier molecular flexibility index (Phi) is 2.33. The molecule has 0 saturated carbocycles. The Bertz CT molecular complexity index is 703. The molecule has 0 atom stereocenters. The highest BCUT2D eigenvalue weighted by Crippen LogP contribution is 2.19. The predicted octanol–water partition coefficient (Wildman–Crippen LogP) is 1.99. The number of nitrogens with zero attached hydrogens (tertiary/aromatic N) is 3. The first kappa shape index (κ1) is 10.5. The van der Waals surface area contributed by atoms with E-state index < -0.39 is 0 Å². The molecule has 0 aliphatic rings. The fourth-order valence-electron chi connectivity index (χ4n) is 1.78. The van der Waals surface area contributed by atoms with Gasteiger partial charge in [0.05, 0.1) is 11.0 Å². The third-order valence-corrected chi connectivity index (χ3v) is 2.53. The van der Waals surface area contributed by atoms with E-state index in [0.717, 1.165) is 22.5 Å². The molecule has 0 aliphatic heterocycles. The molecule has 0 aliphatic carbocycles. The normalized spacial score (nSPS) is 10.7. The van der Waals surface area contributed by atoms with E-state index >= 15 is 0 Å². The van der Waals surface area contributed by atoms with Crippen molar-refractivity contribution in [2.75, 3.05) is 11.1 Å². The van der Waals surface area contributed by atoms with E-state index in [0.29, 0.717) is 11.8 Å². The average Bonchev–Trinajstić information content (AvgIpc) is 2.68. The lowest BCUT2D eigenvalue weighted by molar-refractivity contribution is 1.17. The summed E-state index contributed by atoms with van der Waals surface area (Å²) in [5.74, 6) is 1.80. The van der Waals surface area contributed by atoms with Gasteiger partial charge in [-0.2, -0.15) is 4.98 Å². The molecule has 0 saturated heterocycles. The van der Waals surface area contributed by atoms with Crippen LogP contribution in [-0.2, 0) is 0 Å². The van der Waals surface area contributed by atoms with Gasteiger partial charge >= 0.3 is 0 Å². The first-order valence-corrected chi connectivity index (χ1v) is 5.52. The SMILES string of the molecule is Cc1nc2ccc(Nc3nccc(N)n3)cc2[nH]1. The van der Waals surface area contributed by atoms with E-state index in [1.807, 2.05) is 25.1 Å². The number of benzene rings is 1. The zero-order chi connectivity index (χ0) is 12.5. The quantitative estimate of drug-likeness (QED) is 0.637. The summed E-state index contributed by atoms with van der Waals surface area (Å²) in [6, 6.07) is 7.47. The molecular weight excluding hydrogens is 228 g/mol. The largest absolute Gasteiger partial charge is 0.384 e. The fourth-order valence-corrected chi connectivity index (χ4v) is 1.78. The van der Waals surface area contributed by atoms with Gasteiger partial charge < -0.3 is 16.0 Å². The van der Waals surface area contributed by atoms with Crippen molar-refractivity contribution in [3.8, 4) is 0 Å². The number of nitrogens with one attached hydrogen (secondary N) is 2. The van der Waals surface area contributed by atoms with Crippen LogP contribution in [-0.4, -0.2) is 19.9 Å². The third kappa shape index (κ3) is 1.95. The smallest absolute Gasteiger partial charge is 0.229 e. The van der Waals surface area contributed by atoms with Crippen LogP contribution in [0, 0.1) is 6.92 Å². The molecule has 0 amide bonds. The van der Waals surface area contributed by atoms with Crippen molar-refractivity contribution < 1.29 is 0 Å². The molecule has 2 aromatic heterocycles. The lowest BCUT2D eigenvalue weighted by Crippen LogP contribution is -1.99. The zero-order valence-electron chi connectivity index (χ0n) is 9.81. The third-order valence-electron chi connectivity index (χ3n) is 2.53. The van der Waals surface area contributed by atoms with Crippen molar-refractivity contribution in [2.24, 2.45) is 0 Å². The van der Waals surface area contributed by atoms with Crippen LogP contribution in [0.2, 0.25) is 0 Å². The first-order chi connectivity index (χ1) is 8.70. The van der Waals surface area contributed by atoms with Gasteiger partial charge in [0.2, 0.25) is 5.95 Å². The van der Waals surface area contributed by atoms with Gasteiger partial charge in [-0.1, -0.05) is 0 Å². The lowest BCUT2D eigenvalue weighted by atomic mass is 10.3. The highest BCUT2D eigenvalue weighted by Gasteiger charge is 2.02. The van der Waals surface area contributed by atoms with Crippen molar-refractivity contribution in [1.29, 1.82) is 0 Å². The van der Waals surface area contributed by atoms with Crippen LogP contribution in [0.3, 0.4) is 0 Å². The number of hydrogen-bond acceptors (Lipinski definition) is 5. The molecule has 6 heteroatoms. The molecule has 6 nitrogen and oxygen atoms in total. The van der Waals surface area contributed by atoms with Crippen LogP contribution in [0.1, 0.15) is 5.82 Å². The van der Waals surface area contributed by atoms with Gasteiger partial charge in [0, 0.05) is 11.9 Å². The van der Waals surface area contributed by atoms with Gasteiger partial charge in [-0.3, -0.25) is 0 Å². The number of aromatic nitrogens is 4. The minimum atomic E-state index is 0.436. The average molecular weight is 240 g/mol. The highest BCUT2D eigenvalue weighted by atomic mass is 15.1. The maximum Gasteiger partial charge on any atom is 0.229 e. The number of nitrogens with two attached hydrogens (primary N) is 1. The molecule has 0 unspecified atom stereocenters. The highest BCUT2D eigenvalue weighted by molar-refractivity contribution is 5.80. The van der Waals surface area contributed by atoms with Crippen LogP contribution < -0.4 is 11.1 Å². The van der Waals surface area contributed by atoms with Gasteiger partial charge in [-0.15, -0.1) is 0 Å². The molecule has 3 aromatic rings. The number of anilines is 3. The summed E-state index contributed by atoms with van der Waals surface area (Å²) in [5, 5.41) is 3.10. The Morgan fingerprint density at radius 2 is 2.11 bits per heavy atom. The summed E-state index contributed by atoms with van der Waals surface area (Å²) in [5.41, 5.74) is 8.39. The van der Waals surface area contributed by atoms with Crippen molar-refractivity contribution in [2.45, 2.75) is 6.92 Å². The van der Waals surface area contributed by atoms with Crippen LogP contribution in [0.5, 0.6) is 0 Å². The molecule has 0 spiro atoms. The standard InChI is InChI=1S/C12H12N6/c1-7-15-9-3-2-8(6-10(9)16-7)17-12-14-5-4-11(13)18-12/h2-6H,1H3,(H,15,16)(H3,13,14,17,18). The number of nitrogen functional groups attached to an aromatic ring is 1. The lowest BCUT2D eigenvalue weighted by Gasteiger charge is -2.04. The van der Waals surface area contributed by atoms with E-state index in [-0.39, 0.29) is 0 Å². The minimum Gasteiger partial charge on any atom is -0.384 e. The van der Waals surface area contributed by atoms with E-state index in [4.69, 9.17) is 5.73 Å². The summed E-state index contributed by atoms with van der Waals surface area (Å²) in [7, 11) is 0. The fraction of sp³-hybridized carbons (Fsp3) is 0.0833. The summed E-state index contributed by atoms with van der Waals surface area (Å²) in [6.07, 6.45) is 1.61. The first-order valence-electron chi connectivity index (χ1n) is 5.52. The Balaban J connectivity index is 1.94. The van der Waals surface area contributed by atoms with E-state index in [2.05, 4.69) is 25.3 Å². The number of imidazole rings is 1. The topological polar surface area (TPSA) is 92.5 Å². The number of H-pyrrole nitrogens is 1. The van der Waals surface area contributed by atoms with Gasteiger partial charge in [0.1, 0.15) is 11.6 Å². The second kappa shape index (κ2) is 3.99.